The predicted molar refractivity (Wildman–Crippen MR) is 96.9 cm³/mol. The molecule has 128 valence electrons. The number of hydrogen-bond donors (Lipinski definition) is 3. The van der Waals surface area contributed by atoms with E-state index in [4.69, 9.17) is 11.6 Å². The molecule has 0 unspecified atom stereocenters. The number of carbonyl (C=O) groups is 2. The highest BCUT2D eigenvalue weighted by atomic mass is 35.5. The van der Waals surface area contributed by atoms with E-state index < -0.39 is 11.8 Å². The molecule has 0 radical (unpaired) electrons. The van der Waals surface area contributed by atoms with Crippen molar-refractivity contribution >= 4 is 29.3 Å². The third-order valence-electron chi connectivity index (χ3n) is 3.72. The number of hydrogen-bond acceptors (Lipinski definition) is 4. The number of nitrogens with zero attached hydrogens (tertiary/aromatic N) is 1. The molecule has 3 N–H and O–H groups in total. The van der Waals surface area contributed by atoms with Gasteiger partial charge in [-0.1, -0.05) is 29.8 Å². The van der Waals surface area contributed by atoms with Gasteiger partial charge in [-0.3, -0.25) is 25.4 Å². The number of nitrogens with one attached hydrogen (secondary N) is 3. The minimum absolute atomic E-state index is 0.399. The Morgan fingerprint density at radius 3 is 2.44 bits per heavy atom. The van der Waals surface area contributed by atoms with Crippen molar-refractivity contribution in [2.75, 3.05) is 13.1 Å². The molecule has 1 heterocycles. The number of benzene rings is 2. The van der Waals surface area contributed by atoms with E-state index in [2.05, 4.69) is 21.2 Å². The van der Waals surface area contributed by atoms with Gasteiger partial charge in [-0.15, -0.1) is 0 Å². The van der Waals surface area contributed by atoms with E-state index >= 15 is 0 Å². The fourth-order valence-electron chi connectivity index (χ4n) is 2.45. The zero-order valence-electron chi connectivity index (χ0n) is 13.4. The number of carbonyl (C=O) groups excluding carboxylic acids is 2. The number of aliphatic imine (C=N–C) groups is 1. The smallest absolute Gasteiger partial charge is 0.270 e. The van der Waals surface area contributed by atoms with E-state index in [-0.39, 0.29) is 0 Å². The summed E-state index contributed by atoms with van der Waals surface area (Å²) in [6.45, 7) is 1.55. The van der Waals surface area contributed by atoms with Crippen LogP contribution in [0.4, 0.5) is 0 Å². The lowest BCUT2D eigenvalue weighted by atomic mass is 10.1. The summed E-state index contributed by atoms with van der Waals surface area (Å²) in [7, 11) is 0. The summed E-state index contributed by atoms with van der Waals surface area (Å²) in [6, 6.07) is 13.5. The van der Waals surface area contributed by atoms with Gasteiger partial charge in [0.25, 0.3) is 11.8 Å². The van der Waals surface area contributed by atoms with Crippen LogP contribution in [0.3, 0.4) is 0 Å². The molecule has 0 spiro atoms. The number of rotatable bonds is 3. The Hall–Kier alpha value is -2.86. The molecule has 0 aromatic heterocycles. The van der Waals surface area contributed by atoms with Gasteiger partial charge in [0.15, 0.2) is 0 Å². The molecule has 0 saturated carbocycles. The summed E-state index contributed by atoms with van der Waals surface area (Å²) in [5.41, 5.74) is 6.39. The fourth-order valence-corrected chi connectivity index (χ4v) is 2.58. The second-order valence-electron chi connectivity index (χ2n) is 5.47. The van der Waals surface area contributed by atoms with Gasteiger partial charge >= 0.3 is 0 Å². The fraction of sp³-hybridized carbons (Fsp3) is 0.167. The maximum absolute atomic E-state index is 12.5. The SMILES string of the molecule is O=C(NNC(=O)c1ccccc1C1=NCCCN1)c1ccc(Cl)cc1. The number of amides is 2. The number of amidine groups is 1. The van der Waals surface area contributed by atoms with Crippen molar-refractivity contribution in [3.8, 4) is 0 Å². The van der Waals surface area contributed by atoms with Crippen LogP contribution in [0.15, 0.2) is 53.5 Å². The van der Waals surface area contributed by atoms with Crippen LogP contribution in [-0.4, -0.2) is 30.7 Å². The third kappa shape index (κ3) is 4.16. The maximum Gasteiger partial charge on any atom is 0.270 e. The van der Waals surface area contributed by atoms with Gasteiger partial charge in [0, 0.05) is 29.2 Å². The van der Waals surface area contributed by atoms with Crippen molar-refractivity contribution in [3.05, 3.63) is 70.2 Å². The van der Waals surface area contributed by atoms with Gasteiger partial charge in [-0.25, -0.2) is 0 Å². The first kappa shape index (κ1) is 17.0. The molecule has 0 bridgehead atoms. The zero-order valence-corrected chi connectivity index (χ0v) is 14.1. The minimum atomic E-state index is -0.421. The van der Waals surface area contributed by atoms with Crippen LogP contribution in [0.1, 0.15) is 32.7 Å². The molecule has 1 aliphatic rings. The monoisotopic (exact) mass is 356 g/mol. The predicted octanol–water partition coefficient (Wildman–Crippen LogP) is 2.15. The molecule has 3 rings (SSSR count). The first-order chi connectivity index (χ1) is 12.1. The first-order valence-corrected chi connectivity index (χ1v) is 8.27. The Kier molecular flexibility index (Phi) is 5.30. The lowest BCUT2D eigenvalue weighted by Crippen LogP contribution is -2.42. The summed E-state index contributed by atoms with van der Waals surface area (Å²) in [5.74, 6) is -0.135. The van der Waals surface area contributed by atoms with E-state index in [1.54, 1.807) is 36.4 Å². The third-order valence-corrected chi connectivity index (χ3v) is 3.97. The van der Waals surface area contributed by atoms with Gasteiger partial charge in [0.2, 0.25) is 0 Å². The van der Waals surface area contributed by atoms with Crippen molar-refractivity contribution in [1.29, 1.82) is 0 Å². The molecule has 0 saturated heterocycles. The normalized spacial score (nSPS) is 13.4. The van der Waals surface area contributed by atoms with E-state index in [1.807, 2.05) is 12.1 Å². The topological polar surface area (TPSA) is 82.6 Å². The molecule has 2 aromatic carbocycles. The summed E-state index contributed by atoms with van der Waals surface area (Å²) in [5, 5.41) is 3.73. The lowest BCUT2D eigenvalue weighted by Gasteiger charge is -2.17. The van der Waals surface area contributed by atoms with E-state index in [0.717, 1.165) is 19.5 Å². The summed E-state index contributed by atoms with van der Waals surface area (Å²) in [6.07, 6.45) is 0.967. The molecule has 2 amide bonds. The van der Waals surface area contributed by atoms with Crippen LogP contribution in [0.5, 0.6) is 0 Å². The van der Waals surface area contributed by atoms with E-state index in [1.165, 1.54) is 0 Å². The molecule has 0 atom stereocenters. The number of halogens is 1. The van der Waals surface area contributed by atoms with Crippen LogP contribution in [0.25, 0.3) is 0 Å². The Labute approximate surface area is 150 Å². The van der Waals surface area contributed by atoms with Gasteiger partial charge in [-0.05, 0) is 36.8 Å². The van der Waals surface area contributed by atoms with Crippen molar-refractivity contribution in [2.24, 2.45) is 4.99 Å². The van der Waals surface area contributed by atoms with Crippen LogP contribution < -0.4 is 16.2 Å². The van der Waals surface area contributed by atoms with Crippen molar-refractivity contribution in [3.63, 3.8) is 0 Å². The van der Waals surface area contributed by atoms with E-state index in [9.17, 15) is 9.59 Å². The van der Waals surface area contributed by atoms with Crippen molar-refractivity contribution in [2.45, 2.75) is 6.42 Å². The van der Waals surface area contributed by atoms with Gasteiger partial charge in [-0.2, -0.15) is 0 Å². The van der Waals surface area contributed by atoms with E-state index in [0.29, 0.717) is 27.5 Å². The summed E-state index contributed by atoms with van der Waals surface area (Å²) in [4.78, 5) is 29.0. The highest BCUT2D eigenvalue weighted by Crippen LogP contribution is 2.11. The molecule has 7 heteroatoms. The highest BCUT2D eigenvalue weighted by Gasteiger charge is 2.17. The molecule has 25 heavy (non-hydrogen) atoms. The van der Waals surface area contributed by atoms with Crippen molar-refractivity contribution in [1.82, 2.24) is 16.2 Å². The average Bonchev–Trinajstić information content (AvgIpc) is 2.67. The molecule has 6 nitrogen and oxygen atoms in total. The van der Waals surface area contributed by atoms with Crippen LogP contribution in [-0.2, 0) is 0 Å². The van der Waals surface area contributed by atoms with Gasteiger partial charge in [0.05, 0.1) is 5.56 Å². The Balaban J connectivity index is 1.70. The molecular weight excluding hydrogens is 340 g/mol. The Bertz CT molecular complexity index is 818. The first-order valence-electron chi connectivity index (χ1n) is 7.89. The number of hydrazine groups is 1. The zero-order chi connectivity index (χ0) is 17.6. The van der Waals surface area contributed by atoms with Gasteiger partial charge < -0.3 is 5.32 Å². The van der Waals surface area contributed by atoms with Crippen LogP contribution in [0, 0.1) is 0 Å². The highest BCUT2D eigenvalue weighted by molar-refractivity contribution is 6.30. The standard InChI is InChI=1S/C18H17ClN4O2/c19-13-8-6-12(7-9-13)17(24)22-23-18(25)15-5-2-1-4-14(15)16-20-10-3-11-21-16/h1-2,4-9H,3,10-11H2,(H,20,21)(H,22,24)(H,23,25). The van der Waals surface area contributed by atoms with Gasteiger partial charge in [0.1, 0.15) is 5.84 Å². The maximum atomic E-state index is 12.5. The van der Waals surface area contributed by atoms with Crippen LogP contribution in [0.2, 0.25) is 5.02 Å². The molecule has 1 aliphatic heterocycles. The van der Waals surface area contributed by atoms with Crippen molar-refractivity contribution < 1.29 is 9.59 Å². The quantitative estimate of drug-likeness (QED) is 0.737. The second-order valence-corrected chi connectivity index (χ2v) is 5.91. The van der Waals surface area contributed by atoms with Crippen LogP contribution >= 0.6 is 11.6 Å². The lowest BCUT2D eigenvalue weighted by molar-refractivity contribution is 0.0846. The molecule has 0 aliphatic carbocycles. The molecule has 0 fully saturated rings. The molecule has 2 aromatic rings. The minimum Gasteiger partial charge on any atom is -0.370 e. The largest absolute Gasteiger partial charge is 0.370 e. The molecular formula is C18H17ClN4O2. The second kappa shape index (κ2) is 7.81. The average molecular weight is 357 g/mol. The Morgan fingerprint density at radius 1 is 1.00 bits per heavy atom. The summed E-state index contributed by atoms with van der Waals surface area (Å²) >= 11 is 5.80. The summed E-state index contributed by atoms with van der Waals surface area (Å²) < 4.78 is 0. The Morgan fingerprint density at radius 2 is 1.72 bits per heavy atom.